The Balaban J connectivity index is 1.77. The third kappa shape index (κ3) is 2.95. The van der Waals surface area contributed by atoms with Crippen LogP contribution in [0.15, 0.2) is 47.4 Å². The summed E-state index contributed by atoms with van der Waals surface area (Å²) in [6.07, 6.45) is 1.25. The molecule has 1 aliphatic heterocycles. The molecular weight excluding hydrogens is 290 g/mol. The third-order valence-corrected chi connectivity index (χ3v) is 5.26. The van der Waals surface area contributed by atoms with Crippen LogP contribution in [-0.4, -0.2) is 11.3 Å². The van der Waals surface area contributed by atoms with E-state index in [4.69, 9.17) is 5.84 Å². The molecule has 110 valence electrons. The van der Waals surface area contributed by atoms with Crippen LogP contribution in [0.3, 0.4) is 0 Å². The summed E-state index contributed by atoms with van der Waals surface area (Å²) in [6.45, 7) is 0. The van der Waals surface area contributed by atoms with Gasteiger partial charge >= 0.3 is 0 Å². The summed E-state index contributed by atoms with van der Waals surface area (Å²) >= 11 is 1.74. The summed E-state index contributed by atoms with van der Waals surface area (Å²) in [5, 5.41) is 0.218. The fourth-order valence-corrected chi connectivity index (χ4v) is 4.06. The van der Waals surface area contributed by atoms with Gasteiger partial charge in [0.05, 0.1) is 0 Å². The maximum absolute atomic E-state index is 13.8. The van der Waals surface area contributed by atoms with E-state index in [1.807, 2.05) is 12.1 Å². The van der Waals surface area contributed by atoms with Gasteiger partial charge in [-0.1, -0.05) is 30.3 Å². The Kier molecular flexibility index (Phi) is 4.24. The predicted octanol–water partition coefficient (Wildman–Crippen LogP) is 3.06. The summed E-state index contributed by atoms with van der Waals surface area (Å²) in [4.78, 5) is 1.24. The molecule has 3 N–H and O–H groups in total. The Bertz CT molecular complexity index is 623. The maximum Gasteiger partial charge on any atom is 0.162 e. The zero-order valence-electron chi connectivity index (χ0n) is 11.4. The van der Waals surface area contributed by atoms with Gasteiger partial charge in [-0.05, 0) is 36.1 Å². The molecular formula is C16H16F2N2S. The lowest BCUT2D eigenvalue weighted by molar-refractivity contribution is 0.468. The van der Waals surface area contributed by atoms with Gasteiger partial charge in [-0.15, -0.1) is 11.8 Å². The lowest BCUT2D eigenvalue weighted by Gasteiger charge is -2.22. The number of hydrogen-bond acceptors (Lipinski definition) is 3. The van der Waals surface area contributed by atoms with Crippen LogP contribution in [0, 0.1) is 11.6 Å². The van der Waals surface area contributed by atoms with Gasteiger partial charge in [0.2, 0.25) is 0 Å². The molecule has 0 saturated carbocycles. The van der Waals surface area contributed by atoms with Gasteiger partial charge in [0.25, 0.3) is 0 Å². The van der Waals surface area contributed by atoms with Gasteiger partial charge in [0.15, 0.2) is 11.6 Å². The molecule has 0 saturated heterocycles. The zero-order chi connectivity index (χ0) is 14.8. The first-order chi connectivity index (χ1) is 10.2. The molecule has 0 fully saturated rings. The Morgan fingerprint density at radius 1 is 1.19 bits per heavy atom. The average Bonchev–Trinajstić information content (AvgIpc) is 2.92. The van der Waals surface area contributed by atoms with E-state index in [1.54, 1.807) is 17.8 Å². The average molecular weight is 306 g/mol. The molecule has 0 amide bonds. The van der Waals surface area contributed by atoms with Gasteiger partial charge in [-0.2, -0.15) is 0 Å². The summed E-state index contributed by atoms with van der Waals surface area (Å²) < 4.78 is 27.1. The van der Waals surface area contributed by atoms with Crippen LogP contribution in [0.4, 0.5) is 8.78 Å². The monoisotopic (exact) mass is 306 g/mol. The normalized spacial score (nSPS) is 18.5. The van der Waals surface area contributed by atoms with Crippen molar-refractivity contribution in [3.63, 3.8) is 0 Å². The highest BCUT2D eigenvalue weighted by Crippen LogP contribution is 2.38. The first kappa shape index (κ1) is 14.5. The number of halogens is 2. The summed E-state index contributed by atoms with van der Waals surface area (Å²) in [6, 6.07) is 12.3. The second-order valence-corrected chi connectivity index (χ2v) is 6.44. The van der Waals surface area contributed by atoms with Crippen molar-refractivity contribution in [2.75, 3.05) is 0 Å². The molecule has 21 heavy (non-hydrogen) atoms. The molecule has 2 atom stereocenters. The van der Waals surface area contributed by atoms with Crippen LogP contribution in [0.5, 0.6) is 0 Å². The van der Waals surface area contributed by atoms with Gasteiger partial charge in [-0.3, -0.25) is 11.3 Å². The van der Waals surface area contributed by atoms with Crippen molar-refractivity contribution in [2.24, 2.45) is 5.84 Å². The quantitative estimate of drug-likeness (QED) is 0.673. The topological polar surface area (TPSA) is 38.0 Å². The summed E-state index contributed by atoms with van der Waals surface area (Å²) in [5.74, 6) is 4.05. The Morgan fingerprint density at radius 3 is 2.76 bits per heavy atom. The van der Waals surface area contributed by atoms with Crippen LogP contribution >= 0.6 is 11.8 Å². The molecule has 0 radical (unpaired) electrons. The molecule has 3 rings (SSSR count). The van der Waals surface area contributed by atoms with Crippen molar-refractivity contribution in [3.8, 4) is 0 Å². The summed E-state index contributed by atoms with van der Waals surface area (Å²) in [7, 11) is 0. The Labute approximate surface area is 126 Å². The van der Waals surface area contributed by atoms with Gasteiger partial charge in [0.1, 0.15) is 0 Å². The van der Waals surface area contributed by atoms with E-state index in [0.717, 1.165) is 12.5 Å². The van der Waals surface area contributed by atoms with Crippen LogP contribution in [0.1, 0.15) is 11.1 Å². The number of nitrogens with one attached hydrogen (secondary N) is 1. The van der Waals surface area contributed by atoms with E-state index in [9.17, 15) is 8.78 Å². The van der Waals surface area contributed by atoms with E-state index >= 15 is 0 Å². The molecule has 2 aromatic carbocycles. The van der Waals surface area contributed by atoms with Crippen molar-refractivity contribution < 1.29 is 8.78 Å². The molecule has 0 spiro atoms. The number of fused-ring (bicyclic) bond motifs is 1. The van der Waals surface area contributed by atoms with Crippen LogP contribution < -0.4 is 11.3 Å². The fourth-order valence-electron chi connectivity index (χ4n) is 2.67. The SMILES string of the molecule is NNC(Cc1cccc(F)c1F)C1Cc2ccccc2S1. The Morgan fingerprint density at radius 2 is 2.00 bits per heavy atom. The van der Waals surface area contributed by atoms with E-state index in [0.29, 0.717) is 12.0 Å². The molecule has 2 aromatic rings. The fraction of sp³-hybridized carbons (Fsp3) is 0.250. The second-order valence-electron chi connectivity index (χ2n) is 5.16. The number of hydrogen-bond donors (Lipinski definition) is 2. The second kappa shape index (κ2) is 6.13. The zero-order valence-corrected chi connectivity index (χ0v) is 12.2. The van der Waals surface area contributed by atoms with E-state index < -0.39 is 11.6 Å². The van der Waals surface area contributed by atoms with Crippen molar-refractivity contribution in [3.05, 3.63) is 65.2 Å². The number of rotatable bonds is 4. The van der Waals surface area contributed by atoms with Crippen LogP contribution in [-0.2, 0) is 12.8 Å². The highest BCUT2D eigenvalue weighted by molar-refractivity contribution is 8.00. The molecule has 2 unspecified atom stereocenters. The lowest BCUT2D eigenvalue weighted by Crippen LogP contribution is -2.44. The molecule has 0 aliphatic carbocycles. The Hall–Kier alpha value is -1.43. The minimum absolute atomic E-state index is 0.112. The van der Waals surface area contributed by atoms with Gasteiger partial charge in [0, 0.05) is 16.2 Å². The van der Waals surface area contributed by atoms with Gasteiger partial charge in [-0.25, -0.2) is 8.78 Å². The number of hydrazine groups is 1. The first-order valence-corrected chi connectivity index (χ1v) is 7.70. The van der Waals surface area contributed by atoms with Crippen LogP contribution in [0.2, 0.25) is 0 Å². The number of thioether (sulfide) groups is 1. The third-order valence-electron chi connectivity index (χ3n) is 3.81. The molecule has 0 bridgehead atoms. The maximum atomic E-state index is 13.8. The largest absolute Gasteiger partial charge is 0.271 e. The number of benzene rings is 2. The molecule has 0 aromatic heterocycles. The molecule has 2 nitrogen and oxygen atoms in total. The number of nitrogens with two attached hydrogens (primary N) is 1. The lowest BCUT2D eigenvalue weighted by atomic mass is 9.99. The highest BCUT2D eigenvalue weighted by Gasteiger charge is 2.29. The van der Waals surface area contributed by atoms with E-state index in [2.05, 4.69) is 17.6 Å². The molecule has 1 heterocycles. The van der Waals surface area contributed by atoms with Gasteiger partial charge < -0.3 is 0 Å². The van der Waals surface area contributed by atoms with Crippen molar-refractivity contribution >= 4 is 11.8 Å². The molecule has 1 aliphatic rings. The standard InChI is InChI=1S/C16H16F2N2S/c17-12-6-3-5-11(16(12)18)8-13(20-19)15-9-10-4-1-2-7-14(10)21-15/h1-7,13,15,20H,8-9,19H2. The first-order valence-electron chi connectivity index (χ1n) is 6.82. The van der Waals surface area contributed by atoms with E-state index in [1.165, 1.54) is 16.5 Å². The highest BCUT2D eigenvalue weighted by atomic mass is 32.2. The summed E-state index contributed by atoms with van der Waals surface area (Å²) in [5.41, 5.74) is 4.40. The molecule has 5 heteroatoms. The van der Waals surface area contributed by atoms with Crippen molar-refractivity contribution in [1.82, 2.24) is 5.43 Å². The van der Waals surface area contributed by atoms with Crippen LogP contribution in [0.25, 0.3) is 0 Å². The van der Waals surface area contributed by atoms with Crippen molar-refractivity contribution in [1.29, 1.82) is 0 Å². The predicted molar refractivity (Wildman–Crippen MR) is 81.0 cm³/mol. The minimum Gasteiger partial charge on any atom is -0.271 e. The van der Waals surface area contributed by atoms with Crippen molar-refractivity contribution in [2.45, 2.75) is 29.0 Å². The smallest absolute Gasteiger partial charge is 0.162 e. The minimum atomic E-state index is -0.814. The van der Waals surface area contributed by atoms with E-state index in [-0.39, 0.29) is 11.3 Å².